The van der Waals surface area contributed by atoms with Gasteiger partial charge in [0, 0.05) is 32.8 Å². The van der Waals surface area contributed by atoms with Gasteiger partial charge in [-0.05, 0) is 89.7 Å². The zero-order valence-corrected chi connectivity index (χ0v) is 25.8. The lowest BCUT2D eigenvalue weighted by Crippen LogP contribution is -2.11. The largest absolute Gasteiger partial charge is 0.465 e. The SMILES string of the molecule is COC(=O)c1ccc(-c2ccc(C(=O)Nc3ccc(-c4ccc(C(=O)Nc5ccc(C(C)=O)c6ccccc56)s4)cc3)cc2)cc1. The van der Waals surface area contributed by atoms with Crippen molar-refractivity contribution in [3.8, 4) is 21.6 Å². The molecule has 0 radical (unpaired) electrons. The van der Waals surface area contributed by atoms with Gasteiger partial charge < -0.3 is 15.4 Å². The third kappa shape index (κ3) is 6.33. The van der Waals surface area contributed by atoms with Gasteiger partial charge >= 0.3 is 5.97 Å². The fraction of sp³-hybridized carbons (Fsp3) is 0.0526. The van der Waals surface area contributed by atoms with E-state index in [0.717, 1.165) is 32.3 Å². The number of carbonyl (C=O) groups excluding carboxylic acids is 4. The molecule has 6 rings (SSSR count). The highest BCUT2D eigenvalue weighted by Crippen LogP contribution is 2.32. The Bertz CT molecular complexity index is 2100. The van der Waals surface area contributed by atoms with Gasteiger partial charge in [0.1, 0.15) is 0 Å². The lowest BCUT2D eigenvalue weighted by Gasteiger charge is -2.10. The van der Waals surface area contributed by atoms with Crippen LogP contribution in [-0.2, 0) is 4.74 Å². The molecular formula is C38H28N2O5S. The summed E-state index contributed by atoms with van der Waals surface area (Å²) in [5, 5.41) is 7.53. The van der Waals surface area contributed by atoms with E-state index in [2.05, 4.69) is 10.6 Å². The first kappa shape index (κ1) is 30.2. The van der Waals surface area contributed by atoms with E-state index in [9.17, 15) is 19.2 Å². The molecule has 0 bridgehead atoms. The maximum Gasteiger partial charge on any atom is 0.337 e. The Kier molecular flexibility index (Phi) is 8.54. The Morgan fingerprint density at radius 2 is 1.20 bits per heavy atom. The topological polar surface area (TPSA) is 102 Å². The van der Waals surface area contributed by atoms with Crippen LogP contribution in [-0.4, -0.2) is 30.7 Å². The number of benzene rings is 5. The number of hydrogen-bond donors (Lipinski definition) is 2. The van der Waals surface area contributed by atoms with Crippen molar-refractivity contribution in [2.45, 2.75) is 6.92 Å². The van der Waals surface area contributed by atoms with E-state index < -0.39 is 5.97 Å². The number of fused-ring (bicyclic) bond motifs is 1. The zero-order valence-electron chi connectivity index (χ0n) is 25.0. The summed E-state index contributed by atoms with van der Waals surface area (Å²) >= 11 is 1.37. The number of hydrogen-bond acceptors (Lipinski definition) is 6. The first-order valence-corrected chi connectivity index (χ1v) is 15.3. The second-order valence-electron chi connectivity index (χ2n) is 10.6. The van der Waals surface area contributed by atoms with Gasteiger partial charge in [-0.15, -0.1) is 11.3 Å². The molecule has 0 aliphatic rings. The number of ketones is 1. The Morgan fingerprint density at radius 1 is 0.587 bits per heavy atom. The highest BCUT2D eigenvalue weighted by molar-refractivity contribution is 7.17. The molecule has 2 N–H and O–H groups in total. The maximum absolute atomic E-state index is 13.2. The summed E-state index contributed by atoms with van der Waals surface area (Å²) in [4.78, 5) is 51.3. The van der Waals surface area contributed by atoms with Gasteiger partial charge in [-0.3, -0.25) is 14.4 Å². The van der Waals surface area contributed by atoms with E-state index in [-0.39, 0.29) is 17.6 Å². The van der Waals surface area contributed by atoms with Crippen LogP contribution in [0.15, 0.2) is 121 Å². The monoisotopic (exact) mass is 624 g/mol. The highest BCUT2D eigenvalue weighted by Gasteiger charge is 2.15. The molecule has 0 fully saturated rings. The number of thiophene rings is 1. The van der Waals surface area contributed by atoms with Gasteiger partial charge in [-0.1, -0.05) is 60.7 Å². The molecule has 7 nitrogen and oxygen atoms in total. The van der Waals surface area contributed by atoms with Crippen LogP contribution in [0, 0.1) is 0 Å². The third-order valence-corrected chi connectivity index (χ3v) is 8.73. The molecule has 2 amide bonds. The molecule has 1 aromatic heterocycles. The van der Waals surface area contributed by atoms with Crippen LogP contribution in [0.2, 0.25) is 0 Å². The van der Waals surface area contributed by atoms with Gasteiger partial charge in [0.05, 0.1) is 17.6 Å². The second kappa shape index (κ2) is 13.0. The normalized spacial score (nSPS) is 10.7. The van der Waals surface area contributed by atoms with Gasteiger partial charge in [0.2, 0.25) is 0 Å². The minimum absolute atomic E-state index is 0.0290. The summed E-state index contributed by atoms with van der Waals surface area (Å²) in [5.74, 6) is -0.887. The maximum atomic E-state index is 13.2. The molecule has 0 spiro atoms. The molecule has 0 saturated carbocycles. The second-order valence-corrected chi connectivity index (χ2v) is 11.6. The molecule has 0 atom stereocenters. The Labute approximate surface area is 269 Å². The molecule has 5 aromatic carbocycles. The number of rotatable bonds is 8. The van der Waals surface area contributed by atoms with Crippen molar-refractivity contribution in [3.05, 3.63) is 143 Å². The first-order valence-electron chi connectivity index (χ1n) is 14.4. The average molecular weight is 625 g/mol. The van der Waals surface area contributed by atoms with Crippen molar-refractivity contribution in [3.63, 3.8) is 0 Å². The Hall–Kier alpha value is -5.86. The molecule has 8 heteroatoms. The summed E-state index contributed by atoms with van der Waals surface area (Å²) in [6, 6.07) is 36.5. The van der Waals surface area contributed by atoms with Crippen molar-refractivity contribution in [2.75, 3.05) is 17.7 Å². The van der Waals surface area contributed by atoms with E-state index in [1.54, 1.807) is 42.5 Å². The van der Waals surface area contributed by atoms with Gasteiger partial charge in [-0.2, -0.15) is 0 Å². The summed E-state index contributed by atoms with van der Waals surface area (Å²) < 4.78 is 4.74. The van der Waals surface area contributed by atoms with Crippen molar-refractivity contribution in [1.82, 2.24) is 0 Å². The fourth-order valence-electron chi connectivity index (χ4n) is 5.17. The lowest BCUT2D eigenvalue weighted by molar-refractivity contribution is 0.0600. The molecule has 0 aliphatic heterocycles. The lowest BCUT2D eigenvalue weighted by atomic mass is 10.0. The van der Waals surface area contributed by atoms with Crippen molar-refractivity contribution in [2.24, 2.45) is 0 Å². The highest BCUT2D eigenvalue weighted by atomic mass is 32.1. The molecule has 46 heavy (non-hydrogen) atoms. The Morgan fingerprint density at radius 3 is 1.83 bits per heavy atom. The first-order chi connectivity index (χ1) is 22.3. The molecule has 0 unspecified atom stereocenters. The molecular weight excluding hydrogens is 596 g/mol. The number of anilines is 2. The van der Waals surface area contributed by atoms with Crippen LogP contribution < -0.4 is 10.6 Å². The van der Waals surface area contributed by atoms with E-state index in [4.69, 9.17) is 4.74 Å². The van der Waals surface area contributed by atoms with Crippen LogP contribution >= 0.6 is 11.3 Å². The number of methoxy groups -OCH3 is 1. The number of amides is 2. The average Bonchev–Trinajstić information content (AvgIpc) is 3.59. The van der Waals surface area contributed by atoms with Crippen LogP contribution in [0.3, 0.4) is 0 Å². The number of nitrogens with one attached hydrogen (secondary N) is 2. The molecule has 226 valence electrons. The molecule has 6 aromatic rings. The van der Waals surface area contributed by atoms with Gasteiger partial charge in [0.25, 0.3) is 11.8 Å². The summed E-state index contributed by atoms with van der Waals surface area (Å²) in [6.07, 6.45) is 0. The van der Waals surface area contributed by atoms with Crippen LogP contribution in [0.1, 0.15) is 47.7 Å². The quantitative estimate of drug-likeness (QED) is 0.130. The zero-order chi connectivity index (χ0) is 32.2. The van der Waals surface area contributed by atoms with Gasteiger partial charge in [-0.25, -0.2) is 4.79 Å². The van der Waals surface area contributed by atoms with E-state index in [0.29, 0.717) is 32.9 Å². The molecule has 1 heterocycles. The predicted octanol–water partition coefficient (Wildman–Crippen LogP) is 8.73. The van der Waals surface area contributed by atoms with Crippen molar-refractivity contribution >= 4 is 57.1 Å². The molecule has 0 aliphatic carbocycles. The van der Waals surface area contributed by atoms with E-state index in [1.807, 2.05) is 78.9 Å². The minimum atomic E-state index is -0.390. The minimum Gasteiger partial charge on any atom is -0.465 e. The smallest absolute Gasteiger partial charge is 0.337 e. The van der Waals surface area contributed by atoms with Gasteiger partial charge in [0.15, 0.2) is 5.78 Å². The third-order valence-electron chi connectivity index (χ3n) is 7.60. The fourth-order valence-corrected chi connectivity index (χ4v) is 6.07. The predicted molar refractivity (Wildman–Crippen MR) is 183 cm³/mol. The van der Waals surface area contributed by atoms with Crippen molar-refractivity contribution < 1.29 is 23.9 Å². The van der Waals surface area contributed by atoms with Crippen LogP contribution in [0.5, 0.6) is 0 Å². The summed E-state index contributed by atoms with van der Waals surface area (Å²) in [5.41, 5.74) is 5.64. The van der Waals surface area contributed by atoms with E-state index in [1.165, 1.54) is 25.4 Å². The van der Waals surface area contributed by atoms with Crippen LogP contribution in [0.25, 0.3) is 32.3 Å². The molecule has 0 saturated heterocycles. The Balaban J connectivity index is 1.09. The summed E-state index contributed by atoms with van der Waals surface area (Å²) in [7, 11) is 1.35. The number of Topliss-reactive ketones (excluding diaryl/α,β-unsaturated/α-hetero) is 1. The number of carbonyl (C=O) groups is 4. The standard InChI is InChI=1S/C38H28N2O5S/c1-23(41)30-19-20-33(32-6-4-3-5-31(30)32)40-37(43)35-22-21-34(46-35)26-15-17-29(18-16-26)39-36(42)27-11-7-24(8-12-27)25-9-13-28(14-10-25)38(44)45-2/h3-22H,1-2H3,(H,39,42)(H,40,43). The summed E-state index contributed by atoms with van der Waals surface area (Å²) in [6.45, 7) is 1.53. The number of esters is 1. The van der Waals surface area contributed by atoms with E-state index >= 15 is 0 Å². The number of ether oxygens (including phenoxy) is 1. The van der Waals surface area contributed by atoms with Crippen LogP contribution in [0.4, 0.5) is 11.4 Å². The van der Waals surface area contributed by atoms with Crippen molar-refractivity contribution in [1.29, 1.82) is 0 Å².